The Morgan fingerprint density at radius 1 is 0.412 bits per heavy atom. The molecule has 0 aromatic carbocycles. The SMILES string of the molecule is CC[C@@H]1NC(=O)[C@H]([C@@H](C)O)N(C)C(=O)[C@H](C(C)C)N(C)C(=O)[C@H](CC(C)C)N(C)C(=O)[C@H](CC(C)C)N(C)C(=O)[C@@H](C)NC(=O)[C@H](C)NC(=O)[C@H](CC(C)C)N(C)C(=O)[C@H](C(C)C)NC(=O)[C@H](CC(C)C)N(C)C(=O)CN(C)C1=O. The van der Waals surface area contributed by atoms with Crippen molar-refractivity contribution in [1.29, 1.82) is 0 Å². The van der Waals surface area contributed by atoms with Gasteiger partial charge in [0, 0.05) is 49.3 Å². The first-order chi connectivity index (χ1) is 36.8. The highest BCUT2D eigenvalue weighted by Gasteiger charge is 2.44. The Morgan fingerprint density at radius 2 is 0.800 bits per heavy atom. The molecule has 0 unspecified atom stereocenters. The van der Waals surface area contributed by atoms with Crippen molar-refractivity contribution in [2.24, 2.45) is 35.5 Å². The maximum Gasteiger partial charge on any atom is 0.246 e. The fourth-order valence-corrected chi connectivity index (χ4v) is 10.0. The minimum Gasteiger partial charge on any atom is -0.391 e. The lowest BCUT2D eigenvalue weighted by atomic mass is 9.95. The van der Waals surface area contributed by atoms with E-state index in [1.807, 2.05) is 55.4 Å². The van der Waals surface area contributed by atoms with Gasteiger partial charge in [0.2, 0.25) is 65.0 Å². The Balaban J connectivity index is 4.18. The van der Waals surface area contributed by atoms with E-state index >= 15 is 0 Å². The zero-order chi connectivity index (χ0) is 62.3. The number of amides is 11. The Morgan fingerprint density at radius 3 is 1.23 bits per heavy atom. The first kappa shape index (κ1) is 72.1. The van der Waals surface area contributed by atoms with Crippen LogP contribution in [-0.2, 0) is 52.7 Å². The maximum atomic E-state index is 14.9. The number of aliphatic hydroxyl groups is 1. The third-order valence-corrected chi connectivity index (χ3v) is 14.9. The van der Waals surface area contributed by atoms with E-state index in [0.717, 1.165) is 9.80 Å². The second kappa shape index (κ2) is 31.9. The van der Waals surface area contributed by atoms with Crippen LogP contribution in [0.3, 0.4) is 0 Å². The average molecular weight is 1130 g/mol. The molecule has 1 fully saturated rings. The summed E-state index contributed by atoms with van der Waals surface area (Å²) >= 11 is 0. The predicted molar refractivity (Wildman–Crippen MR) is 306 cm³/mol. The summed E-state index contributed by atoms with van der Waals surface area (Å²) in [4.78, 5) is 166. The number of nitrogens with one attached hydrogen (secondary N) is 4. The molecule has 11 amide bonds. The molecular formula is C57H103N11O12. The molecule has 80 heavy (non-hydrogen) atoms. The van der Waals surface area contributed by atoms with Gasteiger partial charge in [-0.15, -0.1) is 0 Å². The monoisotopic (exact) mass is 1130 g/mol. The van der Waals surface area contributed by atoms with Gasteiger partial charge in [0.05, 0.1) is 12.6 Å². The van der Waals surface area contributed by atoms with Crippen molar-refractivity contribution < 1.29 is 57.8 Å². The minimum atomic E-state index is -1.57. The number of carbonyl (C=O) groups is 11. The van der Waals surface area contributed by atoms with Gasteiger partial charge in [0.1, 0.15) is 60.4 Å². The molecular weight excluding hydrogens is 1030 g/mol. The molecule has 5 N–H and O–H groups in total. The molecule has 0 aromatic heterocycles. The average Bonchev–Trinajstić information content (AvgIpc) is 3.35. The van der Waals surface area contributed by atoms with Crippen molar-refractivity contribution in [2.45, 2.75) is 209 Å². The van der Waals surface area contributed by atoms with Crippen LogP contribution >= 0.6 is 0 Å². The van der Waals surface area contributed by atoms with Crippen molar-refractivity contribution in [3.63, 3.8) is 0 Å². The van der Waals surface area contributed by atoms with E-state index < -0.39 is 150 Å². The van der Waals surface area contributed by atoms with Gasteiger partial charge in [0.15, 0.2) is 0 Å². The molecule has 1 saturated heterocycles. The van der Waals surface area contributed by atoms with Gasteiger partial charge in [-0.1, -0.05) is 90.0 Å². The zero-order valence-electron chi connectivity index (χ0n) is 52.6. The van der Waals surface area contributed by atoms with Gasteiger partial charge in [-0.25, -0.2) is 0 Å². The standard InChI is InChI=1S/C57H103N11O12/c1-24-39-53(76)62(17)29-44(70)63(18)40(25-30(2)3)50(73)61-45(34(10)11)56(79)64(19)41(26-31(4)5)49(72)58-36(14)48(71)59-37(15)52(75)65(20)42(27-32(6)7)54(77)66(21)43(28-33(8)9)55(78)67(22)46(35(12)13)57(80)68(23)47(38(16)69)51(74)60-39/h30-43,45-47,69H,24-29H2,1-23H3,(H,58,72)(H,59,71)(H,60,74)(H,61,73)/t36-,37+,38+,39-,40-,41-,42-,43-,45-,46-,47-/m0/s1. The molecule has 23 heteroatoms. The molecule has 1 aliphatic rings. The number of hydrogen-bond acceptors (Lipinski definition) is 12. The lowest BCUT2D eigenvalue weighted by Crippen LogP contribution is -2.63. The van der Waals surface area contributed by atoms with E-state index in [0.29, 0.717) is 0 Å². The van der Waals surface area contributed by atoms with E-state index in [-0.39, 0.29) is 55.8 Å². The van der Waals surface area contributed by atoms with Crippen LogP contribution < -0.4 is 21.3 Å². The zero-order valence-corrected chi connectivity index (χ0v) is 52.6. The Labute approximate surface area is 477 Å². The Hall–Kier alpha value is -5.87. The summed E-state index contributed by atoms with van der Waals surface area (Å²) in [6, 6.07) is -12.2. The number of likely N-dealkylation sites (N-methyl/N-ethyl adjacent to an activating group) is 7. The van der Waals surface area contributed by atoms with Crippen LogP contribution in [-0.4, -0.2) is 227 Å². The normalized spacial score (nSPS) is 27.3. The van der Waals surface area contributed by atoms with Gasteiger partial charge in [0.25, 0.3) is 0 Å². The van der Waals surface area contributed by atoms with Gasteiger partial charge < -0.3 is 60.7 Å². The van der Waals surface area contributed by atoms with Crippen LogP contribution in [0.1, 0.15) is 143 Å². The molecule has 0 saturated carbocycles. The Kier molecular flexibility index (Phi) is 28.8. The first-order valence-electron chi connectivity index (χ1n) is 28.5. The molecule has 458 valence electrons. The summed E-state index contributed by atoms with van der Waals surface area (Å²) in [6.07, 6.45) is -0.819. The number of aliphatic hydroxyl groups excluding tert-OH is 1. The van der Waals surface area contributed by atoms with Crippen LogP contribution in [0.4, 0.5) is 0 Å². The summed E-state index contributed by atoms with van der Waals surface area (Å²) in [5.41, 5.74) is 0. The highest BCUT2D eigenvalue weighted by atomic mass is 16.3. The maximum absolute atomic E-state index is 14.9. The summed E-state index contributed by atoms with van der Waals surface area (Å²) in [7, 11) is 9.82. The summed E-state index contributed by atoms with van der Waals surface area (Å²) in [6.45, 7) is 27.0. The summed E-state index contributed by atoms with van der Waals surface area (Å²) in [5, 5.41) is 22.0. The number of hydrogen-bond donors (Lipinski definition) is 5. The molecule has 1 rings (SSSR count). The minimum absolute atomic E-state index is 0.0324. The van der Waals surface area contributed by atoms with Gasteiger partial charge in [-0.2, -0.15) is 0 Å². The largest absolute Gasteiger partial charge is 0.391 e. The quantitative estimate of drug-likeness (QED) is 0.187. The lowest BCUT2D eigenvalue weighted by Gasteiger charge is -2.41. The van der Waals surface area contributed by atoms with Crippen molar-refractivity contribution in [2.75, 3.05) is 55.9 Å². The molecule has 23 nitrogen and oxygen atoms in total. The summed E-state index contributed by atoms with van der Waals surface area (Å²) < 4.78 is 0. The number of rotatable bonds is 12. The molecule has 11 atom stereocenters. The van der Waals surface area contributed by atoms with Crippen LogP contribution in [0.25, 0.3) is 0 Å². The molecule has 1 aliphatic heterocycles. The third-order valence-electron chi connectivity index (χ3n) is 14.9. The second-order valence-corrected chi connectivity index (χ2v) is 24.6. The third kappa shape index (κ3) is 19.7. The van der Waals surface area contributed by atoms with Crippen LogP contribution in [0.5, 0.6) is 0 Å². The fourth-order valence-electron chi connectivity index (χ4n) is 10.0. The van der Waals surface area contributed by atoms with E-state index in [4.69, 9.17) is 0 Å². The van der Waals surface area contributed by atoms with Crippen molar-refractivity contribution in [1.82, 2.24) is 55.6 Å². The van der Waals surface area contributed by atoms with E-state index in [1.165, 1.54) is 94.6 Å². The summed E-state index contributed by atoms with van der Waals surface area (Å²) in [5.74, 6) is -9.06. The van der Waals surface area contributed by atoms with Crippen molar-refractivity contribution >= 4 is 65.0 Å². The van der Waals surface area contributed by atoms with Crippen LogP contribution in [0.2, 0.25) is 0 Å². The second-order valence-electron chi connectivity index (χ2n) is 24.6. The van der Waals surface area contributed by atoms with Crippen molar-refractivity contribution in [3.05, 3.63) is 0 Å². The topological polar surface area (TPSA) is 279 Å². The fraction of sp³-hybridized carbons (Fsp3) is 0.807. The predicted octanol–water partition coefficient (Wildman–Crippen LogP) is 1.69. The molecule has 0 spiro atoms. The van der Waals surface area contributed by atoms with Crippen molar-refractivity contribution in [3.8, 4) is 0 Å². The molecule has 0 aliphatic carbocycles. The van der Waals surface area contributed by atoms with Gasteiger partial charge >= 0.3 is 0 Å². The first-order valence-corrected chi connectivity index (χ1v) is 28.5. The molecule has 1 heterocycles. The number of nitrogens with zero attached hydrogens (tertiary/aromatic N) is 7. The van der Waals surface area contributed by atoms with Gasteiger partial charge in [-0.3, -0.25) is 52.7 Å². The van der Waals surface area contributed by atoms with E-state index in [2.05, 4.69) is 21.3 Å². The van der Waals surface area contributed by atoms with E-state index in [9.17, 15) is 57.8 Å². The van der Waals surface area contributed by atoms with Crippen LogP contribution in [0.15, 0.2) is 0 Å². The highest BCUT2D eigenvalue weighted by Crippen LogP contribution is 2.24. The molecule has 0 aromatic rings. The molecule has 0 bridgehead atoms. The highest BCUT2D eigenvalue weighted by molar-refractivity contribution is 5.99. The smallest absolute Gasteiger partial charge is 0.246 e. The number of carbonyl (C=O) groups excluding carboxylic acids is 11. The molecule has 0 radical (unpaired) electrons. The van der Waals surface area contributed by atoms with E-state index in [1.54, 1.807) is 34.6 Å². The lowest BCUT2D eigenvalue weighted by molar-refractivity contribution is -0.157. The van der Waals surface area contributed by atoms with Gasteiger partial charge in [-0.05, 0) is 88.4 Å². The van der Waals surface area contributed by atoms with Crippen LogP contribution in [0, 0.1) is 35.5 Å². The Bertz CT molecular complexity index is 2170.